The molecule has 0 spiro atoms. The average Bonchev–Trinajstić information content (AvgIpc) is 3.16. The van der Waals surface area contributed by atoms with Crippen LogP contribution in [0.3, 0.4) is 0 Å². The third-order valence-corrected chi connectivity index (χ3v) is 4.60. The summed E-state index contributed by atoms with van der Waals surface area (Å²) in [7, 11) is 0. The van der Waals surface area contributed by atoms with Crippen molar-refractivity contribution in [2.45, 2.75) is 13.0 Å². The van der Waals surface area contributed by atoms with Gasteiger partial charge in [0.15, 0.2) is 0 Å². The van der Waals surface area contributed by atoms with Gasteiger partial charge in [-0.05, 0) is 34.9 Å². The Morgan fingerprint density at radius 3 is 2.86 bits per heavy atom. The summed E-state index contributed by atoms with van der Waals surface area (Å²) < 4.78 is 0. The molecule has 1 aromatic carbocycles. The number of nitrogens with zero attached hydrogens (tertiary/aromatic N) is 2. The van der Waals surface area contributed by atoms with E-state index in [0.29, 0.717) is 0 Å². The molecular formula is C18H15N3S. The fraction of sp³-hybridized carbons (Fsp3) is 0.111. The van der Waals surface area contributed by atoms with E-state index in [1.54, 1.807) is 11.3 Å². The van der Waals surface area contributed by atoms with E-state index in [1.807, 2.05) is 17.8 Å². The van der Waals surface area contributed by atoms with Gasteiger partial charge >= 0.3 is 0 Å². The number of rotatable bonds is 4. The van der Waals surface area contributed by atoms with Crippen molar-refractivity contribution < 1.29 is 0 Å². The van der Waals surface area contributed by atoms with Crippen molar-refractivity contribution in [1.29, 1.82) is 0 Å². The Hall–Kier alpha value is -2.46. The fourth-order valence-electron chi connectivity index (χ4n) is 2.62. The van der Waals surface area contributed by atoms with E-state index in [2.05, 4.69) is 57.8 Å². The minimum atomic E-state index is 0.783. The summed E-state index contributed by atoms with van der Waals surface area (Å²) in [5.74, 6) is 0.908. The maximum absolute atomic E-state index is 4.41. The fourth-order valence-corrected chi connectivity index (χ4v) is 3.38. The lowest BCUT2D eigenvalue weighted by Crippen LogP contribution is -2.01. The van der Waals surface area contributed by atoms with Gasteiger partial charge in [0.25, 0.3) is 0 Å². The van der Waals surface area contributed by atoms with E-state index in [0.717, 1.165) is 18.8 Å². The van der Waals surface area contributed by atoms with Crippen molar-refractivity contribution in [2.24, 2.45) is 0 Å². The van der Waals surface area contributed by atoms with Crippen molar-refractivity contribution >= 4 is 28.8 Å². The standard InChI is InChI=1S/C18H15N3S/c1-2-4-13(5-3-1)11-20-18-10-14(6-7-19-18)15-8-16-17(9-15)22-12-21-16/h1-7,9-10,12H,8,11H2,(H,19,20). The number of aromatic nitrogens is 2. The molecule has 4 heteroatoms. The van der Waals surface area contributed by atoms with Crippen LogP contribution < -0.4 is 5.32 Å². The number of hydrogen-bond donors (Lipinski definition) is 1. The van der Waals surface area contributed by atoms with Gasteiger partial charge in [0.05, 0.1) is 16.1 Å². The van der Waals surface area contributed by atoms with Gasteiger partial charge in [-0.2, -0.15) is 0 Å². The first kappa shape index (κ1) is 13.2. The molecule has 0 saturated heterocycles. The molecule has 0 fully saturated rings. The van der Waals surface area contributed by atoms with Crippen molar-refractivity contribution in [3.8, 4) is 0 Å². The smallest absolute Gasteiger partial charge is 0.126 e. The average molecular weight is 305 g/mol. The minimum Gasteiger partial charge on any atom is -0.366 e. The number of thiazole rings is 1. The summed E-state index contributed by atoms with van der Waals surface area (Å²) in [6.07, 6.45) is 5.02. The van der Waals surface area contributed by atoms with E-state index in [4.69, 9.17) is 0 Å². The summed E-state index contributed by atoms with van der Waals surface area (Å²) in [6.45, 7) is 0.783. The molecule has 108 valence electrons. The second-order valence-corrected chi connectivity index (χ2v) is 6.16. The molecule has 0 unspecified atom stereocenters. The Balaban J connectivity index is 1.51. The van der Waals surface area contributed by atoms with Gasteiger partial charge < -0.3 is 5.32 Å². The lowest BCUT2D eigenvalue weighted by atomic mass is 10.1. The van der Waals surface area contributed by atoms with Crippen molar-refractivity contribution in [3.05, 3.63) is 75.9 Å². The van der Waals surface area contributed by atoms with Crippen molar-refractivity contribution in [2.75, 3.05) is 5.32 Å². The van der Waals surface area contributed by atoms with Crippen LogP contribution >= 0.6 is 11.3 Å². The Morgan fingerprint density at radius 2 is 2.00 bits per heavy atom. The van der Waals surface area contributed by atoms with Crippen LogP contribution in [-0.2, 0) is 13.0 Å². The Bertz CT molecular complexity index is 821. The number of fused-ring (bicyclic) bond motifs is 1. The molecule has 0 atom stereocenters. The van der Waals surface area contributed by atoms with Gasteiger partial charge in [-0.15, -0.1) is 11.3 Å². The predicted octanol–water partition coefficient (Wildman–Crippen LogP) is 4.25. The molecule has 1 N–H and O–H groups in total. The molecule has 0 amide bonds. The van der Waals surface area contributed by atoms with Crippen LogP contribution in [0.25, 0.3) is 11.6 Å². The van der Waals surface area contributed by atoms with Gasteiger partial charge in [0.1, 0.15) is 5.82 Å². The van der Waals surface area contributed by atoms with E-state index < -0.39 is 0 Å². The van der Waals surface area contributed by atoms with Gasteiger partial charge in [0.2, 0.25) is 0 Å². The van der Waals surface area contributed by atoms with Gasteiger partial charge in [0, 0.05) is 19.2 Å². The molecule has 2 heterocycles. The first-order valence-electron chi connectivity index (χ1n) is 7.26. The third kappa shape index (κ3) is 2.65. The topological polar surface area (TPSA) is 37.8 Å². The largest absolute Gasteiger partial charge is 0.366 e. The number of benzene rings is 1. The number of allylic oxidation sites excluding steroid dienone is 1. The summed E-state index contributed by atoms with van der Waals surface area (Å²) in [4.78, 5) is 10.1. The van der Waals surface area contributed by atoms with Crippen LogP contribution in [0.15, 0.2) is 54.2 Å². The monoisotopic (exact) mass is 305 g/mol. The van der Waals surface area contributed by atoms with Crippen LogP contribution in [-0.4, -0.2) is 9.97 Å². The zero-order valence-corrected chi connectivity index (χ0v) is 12.8. The molecule has 3 aromatic rings. The normalized spacial score (nSPS) is 12.8. The maximum atomic E-state index is 4.41. The van der Waals surface area contributed by atoms with Crippen molar-refractivity contribution in [3.63, 3.8) is 0 Å². The minimum absolute atomic E-state index is 0.783. The Labute approximate surface area is 133 Å². The molecular weight excluding hydrogens is 290 g/mol. The molecule has 0 bridgehead atoms. The predicted molar refractivity (Wildman–Crippen MR) is 91.7 cm³/mol. The van der Waals surface area contributed by atoms with Crippen LogP contribution in [0.4, 0.5) is 5.82 Å². The van der Waals surface area contributed by atoms with E-state index in [1.165, 1.54) is 27.3 Å². The SMILES string of the molecule is C1=C(c2ccnc(NCc3ccccc3)c2)Cc2ncsc21. The lowest BCUT2D eigenvalue weighted by molar-refractivity contribution is 1.11. The molecule has 0 radical (unpaired) electrons. The molecule has 1 aliphatic carbocycles. The van der Waals surface area contributed by atoms with E-state index >= 15 is 0 Å². The summed E-state index contributed by atoms with van der Waals surface area (Å²) >= 11 is 1.70. The highest BCUT2D eigenvalue weighted by atomic mass is 32.1. The van der Waals surface area contributed by atoms with Crippen LogP contribution in [0, 0.1) is 0 Å². The highest BCUT2D eigenvalue weighted by molar-refractivity contribution is 7.10. The summed E-state index contributed by atoms with van der Waals surface area (Å²) in [6, 6.07) is 14.5. The number of nitrogens with one attached hydrogen (secondary N) is 1. The number of hydrogen-bond acceptors (Lipinski definition) is 4. The summed E-state index contributed by atoms with van der Waals surface area (Å²) in [5.41, 5.74) is 6.89. The maximum Gasteiger partial charge on any atom is 0.126 e. The van der Waals surface area contributed by atoms with Crippen LogP contribution in [0.2, 0.25) is 0 Å². The third-order valence-electron chi connectivity index (χ3n) is 3.78. The number of anilines is 1. The van der Waals surface area contributed by atoms with Gasteiger partial charge in [-0.1, -0.05) is 30.3 Å². The zero-order chi connectivity index (χ0) is 14.8. The Morgan fingerprint density at radius 1 is 1.09 bits per heavy atom. The molecule has 4 rings (SSSR count). The second kappa shape index (κ2) is 5.73. The highest BCUT2D eigenvalue weighted by Gasteiger charge is 2.16. The second-order valence-electron chi connectivity index (χ2n) is 5.28. The molecule has 0 aliphatic heterocycles. The quantitative estimate of drug-likeness (QED) is 0.783. The zero-order valence-electron chi connectivity index (χ0n) is 12.0. The van der Waals surface area contributed by atoms with E-state index in [9.17, 15) is 0 Å². The van der Waals surface area contributed by atoms with E-state index in [-0.39, 0.29) is 0 Å². The van der Waals surface area contributed by atoms with Crippen LogP contribution in [0.1, 0.15) is 21.7 Å². The molecule has 0 saturated carbocycles. The van der Waals surface area contributed by atoms with Gasteiger partial charge in [-0.25, -0.2) is 9.97 Å². The number of pyridine rings is 1. The molecule has 1 aliphatic rings. The molecule has 2 aromatic heterocycles. The highest BCUT2D eigenvalue weighted by Crippen LogP contribution is 2.33. The van der Waals surface area contributed by atoms with Crippen molar-refractivity contribution in [1.82, 2.24) is 9.97 Å². The first-order chi connectivity index (χ1) is 10.9. The lowest BCUT2D eigenvalue weighted by Gasteiger charge is -2.08. The molecule has 3 nitrogen and oxygen atoms in total. The Kier molecular flexibility index (Phi) is 3.45. The van der Waals surface area contributed by atoms with Crippen LogP contribution in [0.5, 0.6) is 0 Å². The van der Waals surface area contributed by atoms with Gasteiger partial charge in [-0.3, -0.25) is 0 Å². The first-order valence-corrected chi connectivity index (χ1v) is 8.13. The summed E-state index contributed by atoms with van der Waals surface area (Å²) in [5, 5.41) is 3.39. The molecule has 22 heavy (non-hydrogen) atoms.